The summed E-state index contributed by atoms with van der Waals surface area (Å²) in [6.07, 6.45) is 0.989. The predicted molar refractivity (Wildman–Crippen MR) is 112 cm³/mol. The Bertz CT molecular complexity index is 920. The van der Waals surface area contributed by atoms with Crippen LogP contribution in [0.15, 0.2) is 52.7 Å². The molecule has 142 valence electrons. The molecule has 3 aromatic rings. The summed E-state index contributed by atoms with van der Waals surface area (Å²) in [4.78, 5) is 2.31. The van der Waals surface area contributed by atoms with Crippen LogP contribution in [0.5, 0.6) is 5.75 Å². The van der Waals surface area contributed by atoms with Crippen molar-refractivity contribution in [3.8, 4) is 5.75 Å². The Morgan fingerprint density at radius 2 is 1.93 bits per heavy atom. The Morgan fingerprint density at radius 1 is 1.15 bits per heavy atom. The van der Waals surface area contributed by atoms with Gasteiger partial charge in [0.2, 0.25) is 0 Å². The highest BCUT2D eigenvalue weighted by atomic mass is 32.1. The number of nitrogens with zero attached hydrogens (tertiary/aromatic N) is 4. The second-order valence-corrected chi connectivity index (χ2v) is 7.22. The molecular weight excluding hydrogens is 358 g/mol. The maximum atomic E-state index is 5.62. The average molecular weight is 385 g/mol. The van der Waals surface area contributed by atoms with E-state index >= 15 is 0 Å². The Morgan fingerprint density at radius 3 is 2.59 bits per heavy atom. The number of methoxy groups -OCH3 is 1. The molecule has 0 bridgehead atoms. The monoisotopic (exact) mass is 384 g/mol. The lowest BCUT2D eigenvalue weighted by atomic mass is 10.2. The zero-order valence-electron chi connectivity index (χ0n) is 16.1. The lowest BCUT2D eigenvalue weighted by Gasteiger charge is -2.22. The van der Waals surface area contributed by atoms with Gasteiger partial charge in [-0.15, -0.1) is 0 Å². The van der Waals surface area contributed by atoms with Crippen molar-refractivity contribution in [3.05, 3.63) is 42.5 Å². The van der Waals surface area contributed by atoms with Crippen molar-refractivity contribution in [2.45, 2.75) is 13.3 Å². The molecule has 27 heavy (non-hydrogen) atoms. The first-order valence-corrected chi connectivity index (χ1v) is 9.91. The summed E-state index contributed by atoms with van der Waals surface area (Å²) < 4.78 is 8.47. The van der Waals surface area contributed by atoms with Crippen molar-refractivity contribution in [3.63, 3.8) is 0 Å². The van der Waals surface area contributed by atoms with Gasteiger partial charge in [-0.05, 0) is 72.7 Å². The van der Waals surface area contributed by atoms with Crippen LogP contribution in [-0.4, -0.2) is 26.7 Å². The van der Waals surface area contributed by atoms with Gasteiger partial charge < -0.3 is 15.4 Å². The van der Waals surface area contributed by atoms with Crippen molar-refractivity contribution in [2.24, 2.45) is 23.0 Å². The molecule has 0 saturated heterocycles. The lowest BCUT2D eigenvalue weighted by molar-refractivity contribution is -0.627. The minimum atomic E-state index is 0.709. The van der Waals surface area contributed by atoms with Crippen LogP contribution in [0, 0.1) is 0 Å². The summed E-state index contributed by atoms with van der Waals surface area (Å²) in [6.45, 7) is 4.79. The molecule has 0 aliphatic heterocycles. The summed E-state index contributed by atoms with van der Waals surface area (Å²) in [7, 11) is 3.67. The summed E-state index contributed by atoms with van der Waals surface area (Å²) in [5.41, 5.74) is 8.76. The van der Waals surface area contributed by atoms with E-state index in [4.69, 9.17) is 10.5 Å². The number of hydrogen-bond acceptors (Lipinski definition) is 6. The molecule has 0 aliphatic carbocycles. The van der Waals surface area contributed by atoms with Crippen molar-refractivity contribution in [2.75, 3.05) is 31.6 Å². The van der Waals surface area contributed by atoms with Crippen LogP contribution < -0.4 is 19.9 Å². The quantitative estimate of drug-likeness (QED) is 0.464. The minimum absolute atomic E-state index is 0.709. The number of fused-ring (bicyclic) bond motifs is 1. The van der Waals surface area contributed by atoms with Crippen LogP contribution in [0.3, 0.4) is 0 Å². The summed E-state index contributed by atoms with van der Waals surface area (Å²) in [5.74, 6) is 0.846. The standard InChI is InChI=1S/C20H26N5OS/c1-4-25(13-5-12-21)16-8-6-15(7-9-16)22-23-20-24(2)18-11-10-17(26-3)14-19(18)27-20/h6-11,14H,4-5,12-13,21H2,1-3H3/q+1. The van der Waals surface area contributed by atoms with E-state index in [1.807, 2.05) is 41.9 Å². The van der Waals surface area contributed by atoms with Gasteiger partial charge in [-0.3, -0.25) is 0 Å². The van der Waals surface area contributed by atoms with Gasteiger partial charge in [0.05, 0.1) is 24.0 Å². The molecule has 0 atom stereocenters. The van der Waals surface area contributed by atoms with Gasteiger partial charge >= 0.3 is 5.13 Å². The molecule has 0 amide bonds. The van der Waals surface area contributed by atoms with E-state index in [0.717, 1.165) is 46.3 Å². The molecule has 0 spiro atoms. The number of ether oxygens (including phenoxy) is 1. The third kappa shape index (κ3) is 4.43. The lowest BCUT2D eigenvalue weighted by Crippen LogP contribution is -2.25. The van der Waals surface area contributed by atoms with Crippen molar-refractivity contribution in [1.82, 2.24) is 0 Å². The van der Waals surface area contributed by atoms with Gasteiger partial charge in [-0.25, -0.2) is 4.57 Å². The van der Waals surface area contributed by atoms with Gasteiger partial charge in [0, 0.05) is 24.8 Å². The van der Waals surface area contributed by atoms with Crippen LogP contribution in [0.2, 0.25) is 0 Å². The number of rotatable bonds is 8. The Balaban J connectivity index is 1.77. The normalized spacial score (nSPS) is 11.4. The fourth-order valence-electron chi connectivity index (χ4n) is 2.92. The number of anilines is 1. The molecule has 0 fully saturated rings. The van der Waals surface area contributed by atoms with E-state index in [1.54, 1.807) is 18.4 Å². The molecular formula is C20H26N5OS+. The molecule has 0 aliphatic rings. The Kier molecular flexibility index (Phi) is 6.36. The molecule has 7 heteroatoms. The van der Waals surface area contributed by atoms with Gasteiger partial charge in [-0.2, -0.15) is 0 Å². The number of aromatic nitrogens is 1. The smallest absolute Gasteiger partial charge is 0.409 e. The Labute approximate surface area is 163 Å². The summed E-state index contributed by atoms with van der Waals surface area (Å²) in [6, 6.07) is 14.2. The van der Waals surface area contributed by atoms with Crippen LogP contribution in [-0.2, 0) is 7.05 Å². The van der Waals surface area contributed by atoms with E-state index in [9.17, 15) is 0 Å². The zero-order valence-corrected chi connectivity index (χ0v) is 16.9. The van der Waals surface area contributed by atoms with Gasteiger partial charge in [0.25, 0.3) is 0 Å². The molecule has 0 radical (unpaired) electrons. The third-order valence-corrected chi connectivity index (χ3v) is 5.58. The maximum absolute atomic E-state index is 5.62. The first-order chi connectivity index (χ1) is 13.2. The second kappa shape index (κ2) is 8.92. The number of nitrogens with two attached hydrogens (primary N) is 1. The molecule has 1 aromatic heterocycles. The topological polar surface area (TPSA) is 67.1 Å². The number of benzene rings is 2. The third-order valence-electron chi connectivity index (χ3n) is 4.50. The highest BCUT2D eigenvalue weighted by Crippen LogP contribution is 2.30. The van der Waals surface area contributed by atoms with Gasteiger partial charge in [-0.1, -0.05) is 0 Å². The summed E-state index contributed by atoms with van der Waals surface area (Å²) in [5, 5.41) is 9.70. The van der Waals surface area contributed by atoms with Gasteiger partial charge in [0.15, 0.2) is 0 Å². The summed E-state index contributed by atoms with van der Waals surface area (Å²) >= 11 is 1.60. The van der Waals surface area contributed by atoms with E-state index in [-0.39, 0.29) is 0 Å². The molecule has 2 aromatic carbocycles. The zero-order chi connectivity index (χ0) is 19.2. The fourth-order valence-corrected chi connectivity index (χ4v) is 3.92. The average Bonchev–Trinajstić information content (AvgIpc) is 3.02. The number of aryl methyl sites for hydroxylation is 1. The van der Waals surface area contributed by atoms with E-state index in [0.29, 0.717) is 6.54 Å². The minimum Gasteiger partial charge on any atom is -0.497 e. The largest absolute Gasteiger partial charge is 0.497 e. The molecule has 6 nitrogen and oxygen atoms in total. The fraction of sp³-hybridized carbons (Fsp3) is 0.350. The van der Waals surface area contributed by atoms with Crippen LogP contribution >= 0.6 is 11.3 Å². The molecule has 0 unspecified atom stereocenters. The number of thiazole rings is 1. The first-order valence-electron chi connectivity index (χ1n) is 9.09. The number of azo groups is 1. The van der Waals surface area contributed by atoms with E-state index < -0.39 is 0 Å². The van der Waals surface area contributed by atoms with Crippen molar-refractivity contribution in [1.29, 1.82) is 0 Å². The maximum Gasteiger partial charge on any atom is 0.409 e. The van der Waals surface area contributed by atoms with Gasteiger partial charge in [0.1, 0.15) is 17.0 Å². The molecule has 0 saturated carbocycles. The van der Waals surface area contributed by atoms with Crippen molar-refractivity contribution >= 4 is 38.1 Å². The first kappa shape index (κ1) is 19.3. The predicted octanol–water partition coefficient (Wildman–Crippen LogP) is 4.32. The highest BCUT2D eigenvalue weighted by molar-refractivity contribution is 7.21. The van der Waals surface area contributed by atoms with Crippen LogP contribution in [0.25, 0.3) is 10.2 Å². The SMILES string of the molecule is CCN(CCCN)c1ccc(N=Nc2sc3cc(OC)ccc3[n+]2C)cc1. The van der Waals surface area contributed by atoms with E-state index in [2.05, 4.69) is 34.2 Å². The molecule has 2 N–H and O–H groups in total. The highest BCUT2D eigenvalue weighted by Gasteiger charge is 2.16. The van der Waals surface area contributed by atoms with Crippen LogP contribution in [0.1, 0.15) is 13.3 Å². The van der Waals surface area contributed by atoms with Crippen molar-refractivity contribution < 1.29 is 9.30 Å². The van der Waals surface area contributed by atoms with Crippen LogP contribution in [0.4, 0.5) is 16.5 Å². The molecule has 1 heterocycles. The number of hydrogen-bond donors (Lipinski definition) is 1. The Hall–Kier alpha value is -2.51. The molecule has 3 rings (SSSR count). The second-order valence-electron chi connectivity index (χ2n) is 6.22. The van der Waals surface area contributed by atoms with E-state index in [1.165, 1.54) is 5.69 Å².